The van der Waals surface area contributed by atoms with Crippen LogP contribution in [0.25, 0.3) is 0 Å². The van der Waals surface area contributed by atoms with Crippen molar-refractivity contribution in [3.8, 4) is 0 Å². The van der Waals surface area contributed by atoms with Crippen LogP contribution in [-0.4, -0.2) is 16.3 Å². The van der Waals surface area contributed by atoms with Gasteiger partial charge in [-0.2, -0.15) is 5.10 Å². The molecule has 0 spiro atoms. The highest BCUT2D eigenvalue weighted by molar-refractivity contribution is 5.19. The van der Waals surface area contributed by atoms with Crippen LogP contribution in [0.5, 0.6) is 0 Å². The molecule has 0 saturated carbocycles. The first-order valence-electron chi connectivity index (χ1n) is 3.58. The van der Waals surface area contributed by atoms with Gasteiger partial charge in [-0.3, -0.25) is 4.68 Å². The summed E-state index contributed by atoms with van der Waals surface area (Å²) in [6.07, 6.45) is 3.06. The maximum atomic E-state index is 4.17. The summed E-state index contributed by atoms with van der Waals surface area (Å²) in [5.74, 6) is 0. The molecule has 54 valence electrons. The highest BCUT2D eigenvalue weighted by Gasteiger charge is 2.11. The molecule has 2 rings (SSSR count). The van der Waals surface area contributed by atoms with Gasteiger partial charge in [-0.25, -0.2) is 0 Å². The summed E-state index contributed by atoms with van der Waals surface area (Å²) in [4.78, 5) is 0. The molecule has 0 atom stereocenters. The highest BCUT2D eigenvalue weighted by atomic mass is 15.3. The molecule has 0 bridgehead atoms. The van der Waals surface area contributed by atoms with Gasteiger partial charge in [0.25, 0.3) is 0 Å². The number of aryl methyl sites for hydroxylation is 1. The van der Waals surface area contributed by atoms with E-state index in [9.17, 15) is 0 Å². The smallest absolute Gasteiger partial charge is 0.0537 e. The van der Waals surface area contributed by atoms with Crippen LogP contribution in [0.2, 0.25) is 0 Å². The fourth-order valence-electron chi connectivity index (χ4n) is 1.41. The van der Waals surface area contributed by atoms with E-state index in [2.05, 4.69) is 10.4 Å². The molecule has 0 amide bonds. The minimum Gasteiger partial charge on any atom is -0.312 e. The summed E-state index contributed by atoms with van der Waals surface area (Å²) in [6.45, 7) is 2.08. The molecule has 0 unspecified atom stereocenters. The molecular weight excluding hydrogens is 126 g/mol. The molecule has 0 aliphatic carbocycles. The standard InChI is InChI=1S/C7H11N3/c1-10-7-2-3-8-4-6(7)5-9-10/h5,8H,2-4H2,1H3. The van der Waals surface area contributed by atoms with Crippen LogP contribution >= 0.6 is 0 Å². The Hall–Kier alpha value is -0.830. The van der Waals surface area contributed by atoms with Gasteiger partial charge in [0.1, 0.15) is 0 Å². The molecule has 2 heterocycles. The van der Waals surface area contributed by atoms with Crippen molar-refractivity contribution in [1.29, 1.82) is 0 Å². The average molecular weight is 137 g/mol. The molecule has 1 aliphatic heterocycles. The molecule has 0 saturated heterocycles. The lowest BCUT2D eigenvalue weighted by Crippen LogP contribution is -2.24. The number of hydrogen-bond acceptors (Lipinski definition) is 2. The molecule has 1 aromatic rings. The topological polar surface area (TPSA) is 29.9 Å². The summed E-state index contributed by atoms with van der Waals surface area (Å²) in [5.41, 5.74) is 2.74. The Bertz CT molecular complexity index is 239. The molecule has 1 aromatic heterocycles. The quantitative estimate of drug-likeness (QED) is 0.548. The molecule has 3 heteroatoms. The number of hydrogen-bond donors (Lipinski definition) is 1. The minimum atomic E-state index is 0.989. The fourth-order valence-corrected chi connectivity index (χ4v) is 1.41. The van der Waals surface area contributed by atoms with Crippen molar-refractivity contribution >= 4 is 0 Å². The van der Waals surface area contributed by atoms with Crippen molar-refractivity contribution in [2.45, 2.75) is 13.0 Å². The van der Waals surface area contributed by atoms with Gasteiger partial charge < -0.3 is 5.32 Å². The van der Waals surface area contributed by atoms with Gasteiger partial charge >= 0.3 is 0 Å². The first kappa shape index (κ1) is 5.92. The lowest BCUT2D eigenvalue weighted by Gasteiger charge is -2.12. The van der Waals surface area contributed by atoms with E-state index < -0.39 is 0 Å². The number of aromatic nitrogens is 2. The van der Waals surface area contributed by atoms with Gasteiger partial charge in [-0.05, 0) is 0 Å². The van der Waals surface area contributed by atoms with E-state index in [1.54, 1.807) is 0 Å². The SMILES string of the molecule is Cn1ncc2c1CCNC2. The Morgan fingerprint density at radius 1 is 1.70 bits per heavy atom. The van der Waals surface area contributed by atoms with E-state index in [-0.39, 0.29) is 0 Å². The molecule has 1 N–H and O–H groups in total. The number of rotatable bonds is 0. The van der Waals surface area contributed by atoms with Gasteiger partial charge in [0.2, 0.25) is 0 Å². The Balaban J connectivity index is 2.45. The van der Waals surface area contributed by atoms with E-state index in [4.69, 9.17) is 0 Å². The Kier molecular flexibility index (Phi) is 1.24. The van der Waals surface area contributed by atoms with Gasteiger partial charge in [-0.15, -0.1) is 0 Å². The summed E-state index contributed by atoms with van der Waals surface area (Å²) in [7, 11) is 2.00. The van der Waals surface area contributed by atoms with Crippen LogP contribution in [0.15, 0.2) is 6.20 Å². The van der Waals surface area contributed by atoms with E-state index in [0.717, 1.165) is 19.5 Å². The van der Waals surface area contributed by atoms with E-state index in [1.165, 1.54) is 11.3 Å². The van der Waals surface area contributed by atoms with Crippen LogP contribution in [0, 0.1) is 0 Å². The van der Waals surface area contributed by atoms with E-state index in [1.807, 2.05) is 17.9 Å². The third-order valence-corrected chi connectivity index (χ3v) is 2.00. The Morgan fingerprint density at radius 3 is 3.40 bits per heavy atom. The van der Waals surface area contributed by atoms with Crippen LogP contribution in [0.4, 0.5) is 0 Å². The van der Waals surface area contributed by atoms with Crippen molar-refractivity contribution < 1.29 is 0 Å². The van der Waals surface area contributed by atoms with Crippen LogP contribution in [-0.2, 0) is 20.0 Å². The lowest BCUT2D eigenvalue weighted by molar-refractivity contribution is 0.604. The predicted molar refractivity (Wildman–Crippen MR) is 38.6 cm³/mol. The first-order valence-corrected chi connectivity index (χ1v) is 3.58. The molecule has 10 heavy (non-hydrogen) atoms. The second kappa shape index (κ2) is 2.09. The van der Waals surface area contributed by atoms with Gasteiger partial charge in [0.15, 0.2) is 0 Å². The molecular formula is C7H11N3. The molecule has 1 aliphatic rings. The van der Waals surface area contributed by atoms with Crippen molar-refractivity contribution in [2.75, 3.05) is 6.54 Å². The Labute approximate surface area is 60.0 Å². The van der Waals surface area contributed by atoms with Crippen molar-refractivity contribution in [2.24, 2.45) is 7.05 Å². The second-order valence-corrected chi connectivity index (χ2v) is 2.67. The van der Waals surface area contributed by atoms with Crippen LogP contribution in [0.1, 0.15) is 11.3 Å². The number of nitrogens with zero attached hydrogens (tertiary/aromatic N) is 2. The van der Waals surface area contributed by atoms with Crippen molar-refractivity contribution in [1.82, 2.24) is 15.1 Å². The monoisotopic (exact) mass is 137 g/mol. The second-order valence-electron chi connectivity index (χ2n) is 2.67. The summed E-state index contributed by atoms with van der Waals surface area (Å²) >= 11 is 0. The zero-order valence-corrected chi connectivity index (χ0v) is 6.09. The van der Waals surface area contributed by atoms with Crippen molar-refractivity contribution in [3.63, 3.8) is 0 Å². The third-order valence-electron chi connectivity index (χ3n) is 2.00. The Morgan fingerprint density at radius 2 is 2.60 bits per heavy atom. The molecule has 0 aromatic carbocycles. The van der Waals surface area contributed by atoms with Gasteiger partial charge in [0, 0.05) is 37.8 Å². The zero-order chi connectivity index (χ0) is 6.97. The highest BCUT2D eigenvalue weighted by Crippen LogP contribution is 2.10. The molecule has 0 radical (unpaired) electrons. The van der Waals surface area contributed by atoms with Gasteiger partial charge in [-0.1, -0.05) is 0 Å². The average Bonchev–Trinajstić information content (AvgIpc) is 2.34. The summed E-state index contributed by atoms with van der Waals surface area (Å²) in [6, 6.07) is 0. The zero-order valence-electron chi connectivity index (χ0n) is 6.09. The van der Waals surface area contributed by atoms with Crippen LogP contribution in [0.3, 0.4) is 0 Å². The number of fused-ring (bicyclic) bond motifs is 1. The minimum absolute atomic E-state index is 0.989. The third kappa shape index (κ3) is 0.743. The molecule has 3 nitrogen and oxygen atoms in total. The largest absolute Gasteiger partial charge is 0.312 e. The predicted octanol–water partition coefficient (Wildman–Crippen LogP) is 0.0658. The van der Waals surface area contributed by atoms with E-state index in [0.29, 0.717) is 0 Å². The summed E-state index contributed by atoms with van der Waals surface area (Å²) < 4.78 is 1.97. The fraction of sp³-hybridized carbons (Fsp3) is 0.571. The maximum absolute atomic E-state index is 4.17. The van der Waals surface area contributed by atoms with Crippen LogP contribution < -0.4 is 5.32 Å². The number of nitrogens with one attached hydrogen (secondary N) is 1. The normalized spacial score (nSPS) is 16.9. The lowest BCUT2D eigenvalue weighted by atomic mass is 10.1. The maximum Gasteiger partial charge on any atom is 0.0537 e. The van der Waals surface area contributed by atoms with Crippen molar-refractivity contribution in [3.05, 3.63) is 17.5 Å². The first-order chi connectivity index (χ1) is 4.88. The van der Waals surface area contributed by atoms with E-state index >= 15 is 0 Å². The summed E-state index contributed by atoms with van der Waals surface area (Å²) in [5, 5.41) is 7.48. The van der Waals surface area contributed by atoms with Gasteiger partial charge in [0.05, 0.1) is 6.20 Å². The molecule has 0 fully saturated rings.